The summed E-state index contributed by atoms with van der Waals surface area (Å²) in [5.74, 6) is -0.914. The van der Waals surface area contributed by atoms with Crippen molar-refractivity contribution in [3.63, 3.8) is 0 Å². The maximum atomic E-state index is 14.4. The highest BCUT2D eigenvalue weighted by atomic mass is 35.5. The van der Waals surface area contributed by atoms with Crippen LogP contribution in [0, 0.1) is 11.6 Å². The van der Waals surface area contributed by atoms with E-state index in [0.29, 0.717) is 13.1 Å². The maximum Gasteiger partial charge on any atom is 0.307 e. The first kappa shape index (κ1) is 29.3. The number of carboxylic acids is 1. The van der Waals surface area contributed by atoms with Gasteiger partial charge in [-0.1, -0.05) is 17.7 Å². The summed E-state index contributed by atoms with van der Waals surface area (Å²) in [6.07, 6.45) is 2.47. The Morgan fingerprint density at radius 1 is 1.05 bits per heavy atom. The predicted molar refractivity (Wildman–Crippen MR) is 154 cm³/mol. The number of aliphatic carboxylic acids is 1. The summed E-state index contributed by atoms with van der Waals surface area (Å²) >= 11 is 5.78. The Labute approximate surface area is 252 Å². The van der Waals surface area contributed by atoms with Crippen molar-refractivity contribution in [1.82, 2.24) is 19.4 Å². The number of halogens is 3. The lowest BCUT2D eigenvalue weighted by Crippen LogP contribution is -2.39. The first-order chi connectivity index (χ1) is 20.8. The summed E-state index contributed by atoms with van der Waals surface area (Å²) in [5, 5.41) is 9.48. The topological polar surface area (TPSA) is 98.9 Å². The molecule has 2 fully saturated rings. The summed E-state index contributed by atoms with van der Waals surface area (Å²) in [6, 6.07) is 12.4. The molecular weight excluding hydrogens is 582 g/mol. The fourth-order valence-electron chi connectivity index (χ4n) is 5.38. The Kier molecular flexibility index (Phi) is 8.73. The number of hydrogen-bond donors (Lipinski definition) is 1. The van der Waals surface area contributed by atoms with E-state index in [1.807, 2.05) is 18.2 Å². The Morgan fingerprint density at radius 2 is 1.86 bits per heavy atom. The van der Waals surface area contributed by atoms with Gasteiger partial charge in [0.25, 0.3) is 0 Å². The average molecular weight is 613 g/mol. The van der Waals surface area contributed by atoms with Crippen molar-refractivity contribution < 1.29 is 32.9 Å². The van der Waals surface area contributed by atoms with Crippen LogP contribution in [0.1, 0.15) is 36.3 Å². The van der Waals surface area contributed by atoms with Gasteiger partial charge in [-0.05, 0) is 61.2 Å². The van der Waals surface area contributed by atoms with E-state index >= 15 is 0 Å². The Bertz CT molecular complexity index is 1620. The minimum absolute atomic E-state index is 0.0187. The van der Waals surface area contributed by atoms with E-state index in [2.05, 4.69) is 14.5 Å². The molecule has 226 valence electrons. The summed E-state index contributed by atoms with van der Waals surface area (Å²) in [5.41, 5.74) is 2.51. The van der Waals surface area contributed by atoms with Gasteiger partial charge in [0.05, 0.1) is 36.6 Å². The second kappa shape index (κ2) is 12.8. The lowest BCUT2D eigenvalue weighted by atomic mass is 10.1. The molecule has 1 N–H and O–H groups in total. The van der Waals surface area contributed by atoms with Crippen molar-refractivity contribution in [3.8, 4) is 11.6 Å². The number of carboxylic acid groups (broad SMARTS) is 1. The zero-order valence-electron chi connectivity index (χ0n) is 23.3. The SMILES string of the molecule is O=C(O)Cc1ccc2nc(CN3CCC(Oc4ccc(F)c(COc5ccc(Cl)cc5F)n4)CC3)n(C[C@@H]3CCO3)c2c1. The third-order valence-electron chi connectivity index (χ3n) is 7.77. The molecule has 0 aliphatic carbocycles. The van der Waals surface area contributed by atoms with Gasteiger partial charge in [-0.15, -0.1) is 0 Å². The van der Waals surface area contributed by atoms with Gasteiger partial charge in [0.2, 0.25) is 5.88 Å². The van der Waals surface area contributed by atoms with Gasteiger partial charge in [0.15, 0.2) is 11.6 Å². The number of pyridine rings is 1. The van der Waals surface area contributed by atoms with Crippen LogP contribution in [0.4, 0.5) is 8.78 Å². The quantitative estimate of drug-likeness (QED) is 0.240. The van der Waals surface area contributed by atoms with Crippen molar-refractivity contribution >= 4 is 28.6 Å². The van der Waals surface area contributed by atoms with E-state index in [0.717, 1.165) is 67.4 Å². The van der Waals surface area contributed by atoms with E-state index in [-0.39, 0.29) is 47.6 Å². The standard InChI is InChI=1S/C31H31ClF2N4O5/c32-20-2-5-28(24(34)15-20)42-18-26-23(33)3-6-30(36-26)43-21-7-10-37(11-8-21)17-29-35-25-4-1-19(14-31(39)40)13-27(25)38(29)16-22-9-12-41-22/h1-6,13,15,21-22H,7-12,14,16-18H2,(H,39,40)/t22-/m0/s1. The molecule has 0 saturated carbocycles. The van der Waals surface area contributed by atoms with Crippen LogP contribution in [-0.2, 0) is 35.6 Å². The zero-order chi connectivity index (χ0) is 29.9. The molecule has 0 spiro atoms. The number of nitrogens with zero attached hydrogens (tertiary/aromatic N) is 4. The fraction of sp³-hybridized carbons (Fsp3) is 0.387. The molecular formula is C31H31ClF2N4O5. The van der Waals surface area contributed by atoms with Crippen LogP contribution in [0.2, 0.25) is 5.02 Å². The van der Waals surface area contributed by atoms with Crippen LogP contribution in [0.3, 0.4) is 0 Å². The normalized spacial score (nSPS) is 17.6. The van der Waals surface area contributed by atoms with Gasteiger partial charge in [-0.25, -0.2) is 18.7 Å². The third-order valence-corrected chi connectivity index (χ3v) is 8.00. The van der Waals surface area contributed by atoms with E-state index < -0.39 is 17.6 Å². The fourth-order valence-corrected chi connectivity index (χ4v) is 5.54. The summed E-state index contributed by atoms with van der Waals surface area (Å²) in [6.45, 7) is 3.35. The first-order valence-electron chi connectivity index (χ1n) is 14.2. The van der Waals surface area contributed by atoms with Crippen LogP contribution in [0.25, 0.3) is 11.0 Å². The zero-order valence-corrected chi connectivity index (χ0v) is 24.1. The van der Waals surface area contributed by atoms with Gasteiger partial charge in [0.1, 0.15) is 30.0 Å². The second-order valence-corrected chi connectivity index (χ2v) is 11.3. The highest BCUT2D eigenvalue weighted by Gasteiger charge is 2.26. The Morgan fingerprint density at radius 3 is 2.58 bits per heavy atom. The van der Waals surface area contributed by atoms with Crippen LogP contribution >= 0.6 is 11.6 Å². The van der Waals surface area contributed by atoms with E-state index in [1.165, 1.54) is 24.3 Å². The number of rotatable bonds is 11. The largest absolute Gasteiger partial charge is 0.484 e. The van der Waals surface area contributed by atoms with Crippen LogP contribution in [0.5, 0.6) is 11.6 Å². The third kappa shape index (κ3) is 7.06. The van der Waals surface area contributed by atoms with E-state index in [4.69, 9.17) is 30.8 Å². The Hall–Kier alpha value is -3.80. The monoisotopic (exact) mass is 612 g/mol. The molecule has 12 heteroatoms. The van der Waals surface area contributed by atoms with Crippen LogP contribution < -0.4 is 9.47 Å². The molecule has 2 aliphatic rings. The minimum Gasteiger partial charge on any atom is -0.484 e. The van der Waals surface area contributed by atoms with Crippen molar-refractivity contribution in [2.45, 2.75) is 57.6 Å². The summed E-state index contributed by atoms with van der Waals surface area (Å²) in [4.78, 5) is 22.7. The molecule has 2 aliphatic heterocycles. The van der Waals surface area contributed by atoms with Gasteiger partial charge in [0, 0.05) is 30.8 Å². The first-order valence-corrected chi connectivity index (χ1v) is 14.6. The molecule has 6 rings (SSSR count). The molecule has 9 nitrogen and oxygen atoms in total. The summed E-state index contributed by atoms with van der Waals surface area (Å²) < 4.78 is 47.8. The van der Waals surface area contributed by atoms with Gasteiger partial charge < -0.3 is 23.9 Å². The number of likely N-dealkylation sites (tertiary alicyclic amines) is 1. The molecule has 4 aromatic rings. The highest BCUT2D eigenvalue weighted by Crippen LogP contribution is 2.26. The van der Waals surface area contributed by atoms with Gasteiger partial charge >= 0.3 is 5.97 Å². The number of hydrogen-bond acceptors (Lipinski definition) is 7. The number of imidazole rings is 1. The summed E-state index contributed by atoms with van der Waals surface area (Å²) in [7, 11) is 0. The number of aromatic nitrogens is 3. The van der Waals surface area contributed by atoms with Gasteiger partial charge in [-0.2, -0.15) is 0 Å². The smallest absolute Gasteiger partial charge is 0.307 e. The number of ether oxygens (including phenoxy) is 3. The number of benzene rings is 2. The number of fused-ring (bicyclic) bond motifs is 1. The second-order valence-electron chi connectivity index (χ2n) is 10.8. The maximum absolute atomic E-state index is 14.4. The van der Waals surface area contributed by atoms with E-state index in [1.54, 1.807) is 0 Å². The van der Waals surface area contributed by atoms with Crippen molar-refractivity contribution in [2.75, 3.05) is 19.7 Å². The number of carbonyl (C=O) groups is 1. The number of piperidine rings is 1. The highest BCUT2D eigenvalue weighted by molar-refractivity contribution is 6.30. The molecule has 0 amide bonds. The lowest BCUT2D eigenvalue weighted by molar-refractivity contribution is -0.136. The molecule has 0 radical (unpaired) electrons. The minimum atomic E-state index is -0.869. The van der Waals surface area contributed by atoms with Crippen molar-refractivity contribution in [1.29, 1.82) is 0 Å². The van der Waals surface area contributed by atoms with E-state index in [9.17, 15) is 18.7 Å². The molecule has 43 heavy (non-hydrogen) atoms. The Balaban J connectivity index is 1.08. The van der Waals surface area contributed by atoms with Crippen LogP contribution in [0.15, 0.2) is 48.5 Å². The van der Waals surface area contributed by atoms with Gasteiger partial charge in [-0.3, -0.25) is 9.69 Å². The lowest BCUT2D eigenvalue weighted by Gasteiger charge is -2.32. The predicted octanol–water partition coefficient (Wildman–Crippen LogP) is 5.40. The molecule has 2 saturated heterocycles. The molecule has 0 bridgehead atoms. The van der Waals surface area contributed by atoms with Crippen molar-refractivity contribution in [3.05, 3.63) is 82.3 Å². The molecule has 2 aromatic carbocycles. The molecule has 4 heterocycles. The van der Waals surface area contributed by atoms with Crippen molar-refractivity contribution in [2.24, 2.45) is 0 Å². The molecule has 2 aromatic heterocycles. The molecule has 0 unspecified atom stereocenters. The average Bonchev–Trinajstić information content (AvgIpc) is 3.28. The molecule has 1 atom stereocenters. The van der Waals surface area contributed by atoms with Crippen LogP contribution in [-0.4, -0.2) is 62.4 Å².